The lowest BCUT2D eigenvalue weighted by atomic mass is 10.1. The summed E-state index contributed by atoms with van der Waals surface area (Å²) in [4.78, 5) is 78.7. The van der Waals surface area contributed by atoms with Crippen molar-refractivity contribution in [2.45, 2.75) is 45.3 Å². The van der Waals surface area contributed by atoms with Gasteiger partial charge in [-0.2, -0.15) is 0 Å². The van der Waals surface area contributed by atoms with E-state index in [4.69, 9.17) is 32.5 Å². The predicted octanol–water partition coefficient (Wildman–Crippen LogP) is 1.88. The molecule has 0 unspecified atom stereocenters. The molecule has 0 bridgehead atoms. The molecular formula is C29H37ClN6O8S. The summed E-state index contributed by atoms with van der Waals surface area (Å²) in [7, 11) is 0. The highest BCUT2D eigenvalue weighted by Gasteiger charge is 2.36. The van der Waals surface area contributed by atoms with Crippen molar-refractivity contribution in [1.82, 2.24) is 10.2 Å². The Morgan fingerprint density at radius 3 is 2.38 bits per heavy atom. The summed E-state index contributed by atoms with van der Waals surface area (Å²) in [6, 6.07) is 8.87. The minimum Gasteiger partial charge on any atom is -0.442 e. The van der Waals surface area contributed by atoms with Crippen LogP contribution in [0.1, 0.15) is 42.8 Å². The number of nitrogens with one attached hydrogen (secondary N) is 1. The molecule has 2 aliphatic rings. The van der Waals surface area contributed by atoms with Gasteiger partial charge in [0, 0.05) is 30.9 Å². The Morgan fingerprint density at radius 2 is 1.76 bits per heavy atom. The largest absolute Gasteiger partial charge is 0.442 e. The standard InChI is InChI=1S/C28H33ClN6O8S.CH4/c29-22-9-8-21(44-22)27(40)35(24(37)3-1-2-10-32-26(39)20(30)13-23(31)36)15-19-14-34(28(41)43-19)18-6-4-17(5-7-18)33-11-12-42-16-25(33)38;/h4-9,19-20H,1-3,10-16,30H2,(H2,31,36)(H,32,39);1H4/t19-,20+;/m1./s1. The lowest BCUT2D eigenvalue weighted by Gasteiger charge is -2.27. The molecule has 45 heavy (non-hydrogen) atoms. The average molecular weight is 665 g/mol. The number of hydrogen-bond acceptors (Lipinski definition) is 10. The van der Waals surface area contributed by atoms with Crippen LogP contribution in [0.25, 0.3) is 0 Å². The zero-order valence-corrected chi connectivity index (χ0v) is 25.3. The number of carbonyl (C=O) groups is 6. The smallest absolute Gasteiger partial charge is 0.414 e. The lowest BCUT2D eigenvalue weighted by molar-refractivity contribution is -0.129. The van der Waals surface area contributed by atoms with Gasteiger partial charge in [-0.1, -0.05) is 19.0 Å². The third kappa shape index (κ3) is 9.47. The number of unbranched alkanes of at least 4 members (excludes halogenated alkanes) is 1. The van der Waals surface area contributed by atoms with Crippen LogP contribution in [0.15, 0.2) is 36.4 Å². The first-order chi connectivity index (χ1) is 21.0. The number of rotatable bonds is 13. The van der Waals surface area contributed by atoms with Crippen LogP contribution >= 0.6 is 22.9 Å². The second kappa shape index (κ2) is 16.3. The van der Waals surface area contributed by atoms with Gasteiger partial charge in [-0.15, -0.1) is 11.3 Å². The number of benzene rings is 1. The van der Waals surface area contributed by atoms with E-state index in [-0.39, 0.29) is 57.3 Å². The first-order valence-corrected chi connectivity index (χ1v) is 15.1. The monoisotopic (exact) mass is 664 g/mol. The Morgan fingerprint density at radius 1 is 1.07 bits per heavy atom. The molecule has 0 spiro atoms. The molecule has 16 heteroatoms. The van der Waals surface area contributed by atoms with E-state index in [0.29, 0.717) is 41.7 Å². The van der Waals surface area contributed by atoms with E-state index >= 15 is 0 Å². The first kappa shape index (κ1) is 35.4. The molecule has 2 saturated heterocycles. The van der Waals surface area contributed by atoms with Crippen LogP contribution in [0.4, 0.5) is 16.2 Å². The summed E-state index contributed by atoms with van der Waals surface area (Å²) >= 11 is 7.05. The van der Waals surface area contributed by atoms with Gasteiger partial charge >= 0.3 is 6.09 Å². The molecule has 5 N–H and O–H groups in total. The van der Waals surface area contributed by atoms with E-state index in [9.17, 15) is 28.8 Å². The highest BCUT2D eigenvalue weighted by Crippen LogP contribution is 2.27. The maximum atomic E-state index is 13.3. The van der Waals surface area contributed by atoms with Crippen molar-refractivity contribution in [3.63, 3.8) is 0 Å². The molecular weight excluding hydrogens is 628 g/mol. The molecule has 14 nitrogen and oxygen atoms in total. The van der Waals surface area contributed by atoms with E-state index in [1.54, 1.807) is 35.2 Å². The SMILES string of the molecule is C.NC(=O)C[C@H](N)C(=O)NCCCCC(=O)N(C[C@H]1CN(c2ccc(N3CCOCC3=O)cc2)C(=O)O1)C(=O)c1ccc(Cl)s1. The molecule has 6 amide bonds. The third-order valence-corrected chi connectivity index (χ3v) is 8.14. The highest BCUT2D eigenvalue weighted by atomic mass is 35.5. The topological polar surface area (TPSA) is 195 Å². The second-order valence-electron chi connectivity index (χ2n) is 10.2. The Labute approximate surface area is 269 Å². The predicted molar refractivity (Wildman–Crippen MR) is 168 cm³/mol. The zero-order chi connectivity index (χ0) is 31.8. The summed E-state index contributed by atoms with van der Waals surface area (Å²) in [6.45, 7) is 1.00. The van der Waals surface area contributed by atoms with E-state index in [0.717, 1.165) is 16.2 Å². The van der Waals surface area contributed by atoms with Gasteiger partial charge in [0.05, 0.1) is 41.4 Å². The molecule has 2 aromatic rings. The van der Waals surface area contributed by atoms with Gasteiger partial charge in [-0.25, -0.2) is 4.79 Å². The molecule has 2 aliphatic heterocycles. The van der Waals surface area contributed by atoms with Gasteiger partial charge in [0.1, 0.15) is 12.7 Å². The Balaban J connectivity index is 0.00000552. The highest BCUT2D eigenvalue weighted by molar-refractivity contribution is 7.18. The van der Waals surface area contributed by atoms with Crippen molar-refractivity contribution in [2.24, 2.45) is 11.5 Å². The number of thiophene rings is 1. The molecule has 0 radical (unpaired) electrons. The maximum absolute atomic E-state index is 13.3. The molecule has 0 aliphatic carbocycles. The Hall–Kier alpha value is -4.05. The number of halogens is 1. The molecule has 1 aromatic heterocycles. The normalized spacial score (nSPS) is 16.9. The molecule has 0 saturated carbocycles. The Bertz CT molecular complexity index is 1400. The summed E-state index contributed by atoms with van der Waals surface area (Å²) in [6.07, 6.45) is -0.968. The summed E-state index contributed by atoms with van der Waals surface area (Å²) in [5.74, 6) is -2.42. The number of primary amides is 1. The molecule has 2 fully saturated rings. The van der Waals surface area contributed by atoms with E-state index in [1.165, 1.54) is 11.0 Å². The number of anilines is 2. The molecule has 244 valence electrons. The lowest BCUT2D eigenvalue weighted by Crippen LogP contribution is -2.43. The van der Waals surface area contributed by atoms with Crippen LogP contribution in [-0.2, 0) is 28.7 Å². The number of imide groups is 1. The summed E-state index contributed by atoms with van der Waals surface area (Å²) < 4.78 is 11.1. The summed E-state index contributed by atoms with van der Waals surface area (Å²) in [5, 5.41) is 2.59. The quantitative estimate of drug-likeness (QED) is 0.268. The van der Waals surface area contributed by atoms with E-state index in [1.807, 2.05) is 0 Å². The summed E-state index contributed by atoms with van der Waals surface area (Å²) in [5.41, 5.74) is 11.9. The van der Waals surface area contributed by atoms with E-state index < -0.39 is 41.9 Å². The number of morpholine rings is 1. The van der Waals surface area contributed by atoms with Gasteiger partial charge in [-0.3, -0.25) is 33.8 Å². The molecule has 3 heterocycles. The fourth-order valence-corrected chi connectivity index (χ4v) is 5.68. The number of nitrogens with two attached hydrogens (primary N) is 2. The van der Waals surface area contributed by atoms with Crippen molar-refractivity contribution in [1.29, 1.82) is 0 Å². The van der Waals surface area contributed by atoms with Crippen LogP contribution in [0.5, 0.6) is 0 Å². The first-order valence-electron chi connectivity index (χ1n) is 13.9. The van der Waals surface area contributed by atoms with Crippen molar-refractivity contribution >= 4 is 69.9 Å². The van der Waals surface area contributed by atoms with Crippen LogP contribution < -0.4 is 26.6 Å². The fraction of sp³-hybridized carbons (Fsp3) is 0.448. The molecule has 1 aromatic carbocycles. The minimum absolute atomic E-state index is 0. The number of amides is 6. The molecule has 2 atom stereocenters. The van der Waals surface area contributed by atoms with Gasteiger partial charge in [0.2, 0.25) is 17.7 Å². The minimum atomic E-state index is -1.06. The van der Waals surface area contributed by atoms with Crippen molar-refractivity contribution < 1.29 is 38.2 Å². The zero-order valence-electron chi connectivity index (χ0n) is 23.7. The average Bonchev–Trinajstić information content (AvgIpc) is 3.60. The number of nitrogens with zero attached hydrogens (tertiary/aromatic N) is 3. The van der Waals surface area contributed by atoms with Crippen molar-refractivity contribution in [2.75, 3.05) is 49.2 Å². The van der Waals surface area contributed by atoms with Crippen LogP contribution in [0.3, 0.4) is 0 Å². The van der Waals surface area contributed by atoms with Gasteiger partial charge in [-0.05, 0) is 49.2 Å². The van der Waals surface area contributed by atoms with Gasteiger partial charge in [0.25, 0.3) is 11.8 Å². The van der Waals surface area contributed by atoms with Crippen LogP contribution in [0.2, 0.25) is 4.34 Å². The number of carbonyl (C=O) groups excluding carboxylic acids is 6. The third-order valence-electron chi connectivity index (χ3n) is 6.92. The van der Waals surface area contributed by atoms with Crippen molar-refractivity contribution in [3.8, 4) is 0 Å². The van der Waals surface area contributed by atoms with Crippen molar-refractivity contribution in [3.05, 3.63) is 45.6 Å². The number of cyclic esters (lactones) is 1. The van der Waals surface area contributed by atoms with E-state index in [2.05, 4.69) is 5.32 Å². The maximum Gasteiger partial charge on any atom is 0.414 e. The molecule has 4 rings (SSSR count). The van der Waals surface area contributed by atoms with Crippen LogP contribution in [-0.4, -0.2) is 92.1 Å². The fourth-order valence-electron chi connectivity index (χ4n) is 4.68. The second-order valence-corrected chi connectivity index (χ2v) is 11.9. The van der Waals surface area contributed by atoms with Crippen LogP contribution in [0, 0.1) is 0 Å². The Kier molecular flexibility index (Phi) is 12.8. The van der Waals surface area contributed by atoms with Gasteiger partial charge in [0.15, 0.2) is 0 Å². The number of hydrogen-bond donors (Lipinski definition) is 3. The number of ether oxygens (including phenoxy) is 2. The van der Waals surface area contributed by atoms with Gasteiger partial charge < -0.3 is 31.2 Å².